The monoisotopic (exact) mass is 525 g/mol. The van der Waals surface area contributed by atoms with Gasteiger partial charge in [-0.1, -0.05) is 49.2 Å². The van der Waals surface area contributed by atoms with E-state index in [1.165, 1.54) is 6.07 Å². The Bertz CT molecular complexity index is 951. The number of carboxylic acid groups (broad SMARTS) is 1. The third kappa shape index (κ3) is 10.3. The van der Waals surface area contributed by atoms with Gasteiger partial charge in [0, 0.05) is 24.6 Å². The van der Waals surface area contributed by atoms with Crippen LogP contribution in [0, 0.1) is 5.92 Å². The summed E-state index contributed by atoms with van der Waals surface area (Å²) in [5.74, 6) is 0.403. The van der Waals surface area contributed by atoms with Crippen molar-refractivity contribution in [3.8, 4) is 11.5 Å². The molecule has 2 rings (SSSR count). The number of carboxylic acids is 1. The van der Waals surface area contributed by atoms with Crippen molar-refractivity contribution in [3.63, 3.8) is 0 Å². The highest BCUT2D eigenvalue weighted by Crippen LogP contribution is 2.28. The van der Waals surface area contributed by atoms with Gasteiger partial charge in [-0.05, 0) is 61.6 Å². The summed E-state index contributed by atoms with van der Waals surface area (Å²) >= 11 is 12.1. The Morgan fingerprint density at radius 3 is 2.37 bits per heavy atom. The maximum atomic E-state index is 12.8. The fourth-order valence-corrected chi connectivity index (χ4v) is 3.78. The predicted octanol–water partition coefficient (Wildman–Crippen LogP) is 6.34. The van der Waals surface area contributed by atoms with Crippen LogP contribution < -0.4 is 9.47 Å². The number of halogens is 2. The summed E-state index contributed by atoms with van der Waals surface area (Å²) in [5, 5.41) is 9.96. The summed E-state index contributed by atoms with van der Waals surface area (Å²) in [6.45, 7) is 7.48. The standard InChI is InChI=1S/C26H33Cl2NO6/c1-4-33-24(25(30)31)16-19-7-10-21(11-8-19)34-15-14-29(13-5-6-18(2)3)26(32)35-23-12-9-20(27)17-22(23)28/h7-12,17-18,24H,4-6,13-16H2,1-3H3,(H,30,31). The highest BCUT2D eigenvalue weighted by Gasteiger charge is 2.19. The quantitative estimate of drug-likeness (QED) is 0.309. The van der Waals surface area contributed by atoms with E-state index in [4.69, 9.17) is 37.4 Å². The van der Waals surface area contributed by atoms with Crippen molar-refractivity contribution in [1.29, 1.82) is 0 Å². The zero-order valence-electron chi connectivity index (χ0n) is 20.3. The summed E-state index contributed by atoms with van der Waals surface area (Å²) in [6.07, 6.45) is 0.693. The zero-order valence-corrected chi connectivity index (χ0v) is 21.8. The first kappa shape index (κ1) is 28.8. The minimum Gasteiger partial charge on any atom is -0.492 e. The first-order chi connectivity index (χ1) is 16.7. The molecule has 1 unspecified atom stereocenters. The van der Waals surface area contributed by atoms with Gasteiger partial charge < -0.3 is 24.2 Å². The molecule has 0 aliphatic rings. The van der Waals surface area contributed by atoms with E-state index in [9.17, 15) is 14.7 Å². The van der Waals surface area contributed by atoms with E-state index in [1.807, 2.05) is 12.1 Å². The molecule has 0 spiro atoms. The van der Waals surface area contributed by atoms with E-state index < -0.39 is 18.2 Å². The molecule has 9 heteroatoms. The van der Waals surface area contributed by atoms with E-state index >= 15 is 0 Å². The lowest BCUT2D eigenvalue weighted by atomic mass is 10.1. The van der Waals surface area contributed by atoms with E-state index in [0.717, 1.165) is 18.4 Å². The molecule has 1 amide bonds. The van der Waals surface area contributed by atoms with Crippen LogP contribution in [0.25, 0.3) is 0 Å². The molecule has 0 fully saturated rings. The van der Waals surface area contributed by atoms with Gasteiger partial charge in [0.05, 0.1) is 11.6 Å². The Labute approximate surface area is 216 Å². The van der Waals surface area contributed by atoms with Crippen LogP contribution in [0.3, 0.4) is 0 Å². The summed E-state index contributed by atoms with van der Waals surface area (Å²) in [6, 6.07) is 11.9. The Balaban J connectivity index is 1.94. The Hall–Kier alpha value is -2.48. The lowest BCUT2D eigenvalue weighted by Gasteiger charge is -2.23. The van der Waals surface area contributed by atoms with Gasteiger partial charge in [-0.3, -0.25) is 0 Å². The van der Waals surface area contributed by atoms with E-state index in [1.54, 1.807) is 36.1 Å². The van der Waals surface area contributed by atoms with Crippen LogP contribution >= 0.6 is 23.2 Å². The second-order valence-corrected chi connectivity index (χ2v) is 9.29. The Morgan fingerprint density at radius 2 is 1.77 bits per heavy atom. The number of ether oxygens (including phenoxy) is 3. The first-order valence-electron chi connectivity index (χ1n) is 11.7. The van der Waals surface area contributed by atoms with Crippen LogP contribution in [0.2, 0.25) is 10.0 Å². The summed E-state index contributed by atoms with van der Waals surface area (Å²) in [7, 11) is 0. The summed E-state index contributed by atoms with van der Waals surface area (Å²) < 4.78 is 16.6. The summed E-state index contributed by atoms with van der Waals surface area (Å²) in [5.41, 5.74) is 0.830. The number of hydrogen-bond donors (Lipinski definition) is 1. The number of benzene rings is 2. The van der Waals surface area contributed by atoms with Crippen molar-refractivity contribution in [2.45, 2.75) is 46.1 Å². The van der Waals surface area contributed by atoms with Gasteiger partial charge in [-0.15, -0.1) is 0 Å². The largest absolute Gasteiger partial charge is 0.492 e. The van der Waals surface area contributed by atoms with Gasteiger partial charge >= 0.3 is 12.1 Å². The number of rotatable bonds is 14. The topological polar surface area (TPSA) is 85.3 Å². The van der Waals surface area contributed by atoms with Gasteiger partial charge in [0.1, 0.15) is 12.4 Å². The molecule has 0 saturated carbocycles. The van der Waals surface area contributed by atoms with Crippen molar-refractivity contribution in [2.24, 2.45) is 5.92 Å². The maximum Gasteiger partial charge on any atom is 0.415 e. The number of amides is 1. The van der Waals surface area contributed by atoms with Crippen molar-refractivity contribution < 1.29 is 28.9 Å². The smallest absolute Gasteiger partial charge is 0.415 e. The minimum absolute atomic E-state index is 0.248. The lowest BCUT2D eigenvalue weighted by molar-refractivity contribution is -0.149. The average Bonchev–Trinajstić information content (AvgIpc) is 2.80. The van der Waals surface area contributed by atoms with Gasteiger partial charge in [-0.2, -0.15) is 0 Å². The van der Waals surface area contributed by atoms with Crippen molar-refractivity contribution in [2.75, 3.05) is 26.3 Å². The number of carbonyl (C=O) groups excluding carboxylic acids is 1. The Morgan fingerprint density at radius 1 is 1.06 bits per heavy atom. The van der Waals surface area contributed by atoms with Crippen molar-refractivity contribution in [1.82, 2.24) is 4.90 Å². The second-order valence-electron chi connectivity index (χ2n) is 8.44. The number of carbonyl (C=O) groups is 2. The normalized spacial score (nSPS) is 11.8. The van der Waals surface area contributed by atoms with E-state index in [0.29, 0.717) is 36.4 Å². The molecule has 0 heterocycles. The average molecular weight is 526 g/mol. The predicted molar refractivity (Wildman–Crippen MR) is 137 cm³/mol. The van der Waals surface area contributed by atoms with Crippen LogP contribution in [-0.4, -0.2) is 54.5 Å². The molecule has 0 radical (unpaired) electrons. The molecule has 1 N–H and O–H groups in total. The van der Waals surface area contributed by atoms with Crippen molar-refractivity contribution >= 4 is 35.3 Å². The molecule has 7 nitrogen and oxygen atoms in total. The van der Waals surface area contributed by atoms with Crippen LogP contribution in [0.5, 0.6) is 11.5 Å². The zero-order chi connectivity index (χ0) is 25.8. The molecule has 2 aromatic rings. The van der Waals surface area contributed by atoms with E-state index in [-0.39, 0.29) is 23.8 Å². The highest BCUT2D eigenvalue weighted by atomic mass is 35.5. The van der Waals surface area contributed by atoms with Gasteiger partial charge in [0.15, 0.2) is 11.9 Å². The van der Waals surface area contributed by atoms with Gasteiger partial charge in [0.25, 0.3) is 0 Å². The highest BCUT2D eigenvalue weighted by molar-refractivity contribution is 6.35. The molecular formula is C26H33Cl2NO6. The van der Waals surface area contributed by atoms with E-state index in [2.05, 4.69) is 13.8 Å². The number of aliphatic carboxylic acids is 1. The Kier molecular flexibility index (Phi) is 12.2. The second kappa shape index (κ2) is 14.8. The first-order valence-corrected chi connectivity index (χ1v) is 12.4. The molecular weight excluding hydrogens is 493 g/mol. The minimum atomic E-state index is -0.989. The molecule has 0 aliphatic heterocycles. The third-order valence-electron chi connectivity index (χ3n) is 5.18. The number of nitrogens with zero attached hydrogens (tertiary/aromatic N) is 1. The summed E-state index contributed by atoms with van der Waals surface area (Å²) in [4.78, 5) is 25.7. The van der Waals surface area contributed by atoms with Crippen LogP contribution in [0.4, 0.5) is 4.79 Å². The molecule has 2 aromatic carbocycles. The maximum absolute atomic E-state index is 12.8. The van der Waals surface area contributed by atoms with Crippen molar-refractivity contribution in [3.05, 3.63) is 58.1 Å². The molecule has 0 aromatic heterocycles. The molecule has 192 valence electrons. The number of hydrogen-bond acceptors (Lipinski definition) is 5. The van der Waals surface area contributed by atoms with Crippen LogP contribution in [-0.2, 0) is 16.0 Å². The van der Waals surface area contributed by atoms with Crippen LogP contribution in [0.15, 0.2) is 42.5 Å². The molecule has 1 atom stereocenters. The van der Waals surface area contributed by atoms with Gasteiger partial charge in [0.2, 0.25) is 0 Å². The molecule has 0 aliphatic carbocycles. The lowest BCUT2D eigenvalue weighted by Crippen LogP contribution is -2.37. The fourth-order valence-electron chi connectivity index (χ4n) is 3.33. The SMILES string of the molecule is CCOC(Cc1ccc(OCCN(CCCC(C)C)C(=O)Oc2ccc(Cl)cc2Cl)cc1)C(=O)O. The molecule has 35 heavy (non-hydrogen) atoms. The van der Waals surface area contributed by atoms with Gasteiger partial charge in [-0.25, -0.2) is 9.59 Å². The van der Waals surface area contributed by atoms with Crippen LogP contribution in [0.1, 0.15) is 39.2 Å². The fraction of sp³-hybridized carbons (Fsp3) is 0.462. The molecule has 0 bridgehead atoms. The third-order valence-corrected chi connectivity index (χ3v) is 5.71. The molecule has 0 saturated heterocycles.